The van der Waals surface area contributed by atoms with Crippen molar-refractivity contribution < 1.29 is 4.79 Å². The number of nitrogens with zero attached hydrogens (tertiary/aromatic N) is 1. The number of amides is 1. The minimum Gasteiger partial charge on any atom is -0.331 e. The summed E-state index contributed by atoms with van der Waals surface area (Å²) in [7, 11) is 0. The quantitative estimate of drug-likeness (QED) is 0.602. The van der Waals surface area contributed by atoms with Crippen molar-refractivity contribution in [2.45, 2.75) is 63.3 Å². The molecule has 2 heterocycles. The zero-order chi connectivity index (χ0) is 18.1. The van der Waals surface area contributed by atoms with Gasteiger partial charge in [-0.25, -0.2) is 0 Å². The Hall–Kier alpha value is -0.930. The molecule has 4 atom stereocenters. The number of hydrogen-bond acceptors (Lipinski definition) is 2. The van der Waals surface area contributed by atoms with E-state index in [1.165, 1.54) is 11.1 Å². The average molecular weight is 378 g/mol. The third-order valence-corrected chi connectivity index (χ3v) is 7.05. The second kappa shape index (κ2) is 7.75. The molecule has 1 amide bonds. The first kappa shape index (κ1) is 18.8. The van der Waals surface area contributed by atoms with Crippen LogP contribution >= 0.6 is 23.4 Å². The largest absolute Gasteiger partial charge is 0.331 e. The van der Waals surface area contributed by atoms with E-state index in [1.807, 2.05) is 23.9 Å². The minimum atomic E-state index is 0.0985. The maximum absolute atomic E-state index is 13.3. The van der Waals surface area contributed by atoms with Crippen molar-refractivity contribution in [3.8, 4) is 0 Å². The van der Waals surface area contributed by atoms with Crippen molar-refractivity contribution in [1.29, 1.82) is 0 Å². The number of rotatable bonds is 5. The third-order valence-electron chi connectivity index (χ3n) is 5.61. The second-order valence-electron chi connectivity index (χ2n) is 7.57. The van der Waals surface area contributed by atoms with Gasteiger partial charge in [0.2, 0.25) is 5.91 Å². The molecule has 136 valence electrons. The SMILES string of the molecule is C=CCC1CCC2c3ccc(Cl)cc3C(C)C(CSC(C)C)N2C1=O. The van der Waals surface area contributed by atoms with Gasteiger partial charge in [0.1, 0.15) is 0 Å². The number of hydrogen-bond donors (Lipinski definition) is 0. The lowest BCUT2D eigenvalue weighted by Gasteiger charge is -2.50. The summed E-state index contributed by atoms with van der Waals surface area (Å²) >= 11 is 8.23. The Morgan fingerprint density at radius 1 is 1.36 bits per heavy atom. The fourth-order valence-corrected chi connectivity index (χ4v) is 5.52. The number of fused-ring (bicyclic) bond motifs is 3. The molecule has 0 aliphatic carbocycles. The number of carbonyl (C=O) groups excluding carboxylic acids is 1. The summed E-state index contributed by atoms with van der Waals surface area (Å²) in [5.74, 6) is 1.70. The molecule has 0 radical (unpaired) electrons. The van der Waals surface area contributed by atoms with Gasteiger partial charge in [0.15, 0.2) is 0 Å². The number of allylic oxidation sites excluding steroid dienone is 1. The zero-order valence-electron chi connectivity index (χ0n) is 15.4. The lowest BCUT2D eigenvalue weighted by Crippen LogP contribution is -2.54. The molecule has 25 heavy (non-hydrogen) atoms. The van der Waals surface area contributed by atoms with Crippen LogP contribution in [0.25, 0.3) is 0 Å². The molecule has 1 aromatic carbocycles. The van der Waals surface area contributed by atoms with Crippen molar-refractivity contribution >= 4 is 29.3 Å². The molecule has 2 aliphatic rings. The molecule has 4 unspecified atom stereocenters. The van der Waals surface area contributed by atoms with Crippen LogP contribution in [-0.4, -0.2) is 27.9 Å². The molecule has 3 rings (SSSR count). The molecule has 2 nitrogen and oxygen atoms in total. The predicted octanol–water partition coefficient (Wildman–Crippen LogP) is 5.82. The van der Waals surface area contributed by atoms with E-state index in [4.69, 9.17) is 11.6 Å². The van der Waals surface area contributed by atoms with Crippen molar-refractivity contribution in [1.82, 2.24) is 4.90 Å². The van der Waals surface area contributed by atoms with Crippen molar-refractivity contribution in [2.75, 3.05) is 5.75 Å². The van der Waals surface area contributed by atoms with E-state index < -0.39 is 0 Å². The molecule has 0 N–H and O–H groups in total. The average Bonchev–Trinajstić information content (AvgIpc) is 2.57. The van der Waals surface area contributed by atoms with Gasteiger partial charge in [-0.05, 0) is 47.8 Å². The highest BCUT2D eigenvalue weighted by Crippen LogP contribution is 2.47. The molecule has 1 saturated heterocycles. The predicted molar refractivity (Wildman–Crippen MR) is 108 cm³/mol. The van der Waals surface area contributed by atoms with E-state index in [0.717, 1.165) is 30.0 Å². The van der Waals surface area contributed by atoms with E-state index in [1.54, 1.807) is 0 Å². The van der Waals surface area contributed by atoms with Crippen LogP contribution in [0.1, 0.15) is 63.1 Å². The summed E-state index contributed by atoms with van der Waals surface area (Å²) in [6.07, 6.45) is 4.66. The summed E-state index contributed by atoms with van der Waals surface area (Å²) in [5.41, 5.74) is 2.63. The van der Waals surface area contributed by atoms with Crippen LogP contribution < -0.4 is 0 Å². The van der Waals surface area contributed by atoms with Gasteiger partial charge >= 0.3 is 0 Å². The van der Waals surface area contributed by atoms with Crippen molar-refractivity contribution in [3.05, 3.63) is 47.0 Å². The second-order valence-corrected chi connectivity index (χ2v) is 9.62. The first-order valence-electron chi connectivity index (χ1n) is 9.28. The van der Waals surface area contributed by atoms with Gasteiger partial charge in [-0.15, -0.1) is 6.58 Å². The number of carbonyl (C=O) groups is 1. The molecule has 1 aromatic rings. The summed E-state index contributed by atoms with van der Waals surface area (Å²) < 4.78 is 0. The first-order chi connectivity index (χ1) is 11.9. The van der Waals surface area contributed by atoms with Gasteiger partial charge in [0.05, 0.1) is 6.04 Å². The van der Waals surface area contributed by atoms with Gasteiger partial charge < -0.3 is 4.90 Å². The van der Waals surface area contributed by atoms with E-state index >= 15 is 0 Å². The highest BCUT2D eigenvalue weighted by Gasteiger charge is 2.45. The number of halogens is 1. The maximum Gasteiger partial charge on any atom is 0.226 e. The summed E-state index contributed by atoms with van der Waals surface area (Å²) in [6, 6.07) is 6.66. The summed E-state index contributed by atoms with van der Waals surface area (Å²) in [5, 5.41) is 1.36. The molecule has 4 heteroatoms. The lowest BCUT2D eigenvalue weighted by molar-refractivity contribution is -0.146. The molecule has 0 saturated carbocycles. The normalized spacial score (nSPS) is 28.7. The van der Waals surface area contributed by atoms with E-state index in [0.29, 0.717) is 17.1 Å². The number of piperidine rings is 1. The van der Waals surface area contributed by atoms with Crippen LogP contribution in [0.3, 0.4) is 0 Å². The van der Waals surface area contributed by atoms with Gasteiger partial charge in [0, 0.05) is 28.7 Å². The van der Waals surface area contributed by atoms with E-state index in [2.05, 4.69) is 44.4 Å². The highest BCUT2D eigenvalue weighted by atomic mass is 35.5. The third kappa shape index (κ3) is 3.64. The van der Waals surface area contributed by atoms with E-state index in [-0.39, 0.29) is 18.0 Å². The van der Waals surface area contributed by atoms with Crippen molar-refractivity contribution in [2.24, 2.45) is 5.92 Å². The Bertz CT molecular complexity index is 659. The Balaban J connectivity index is 2.00. The molecular formula is C21H28ClNOS. The van der Waals surface area contributed by atoms with Gasteiger partial charge in [0.25, 0.3) is 0 Å². The van der Waals surface area contributed by atoms with Gasteiger partial charge in [-0.1, -0.05) is 44.5 Å². The molecule has 1 fully saturated rings. The summed E-state index contributed by atoms with van der Waals surface area (Å²) in [6.45, 7) is 10.5. The zero-order valence-corrected chi connectivity index (χ0v) is 16.9. The first-order valence-corrected chi connectivity index (χ1v) is 10.7. The molecular weight excluding hydrogens is 350 g/mol. The van der Waals surface area contributed by atoms with Gasteiger partial charge in [-0.3, -0.25) is 4.79 Å². The Morgan fingerprint density at radius 3 is 2.80 bits per heavy atom. The fraction of sp³-hybridized carbons (Fsp3) is 0.571. The van der Waals surface area contributed by atoms with Crippen LogP contribution in [0.5, 0.6) is 0 Å². The van der Waals surface area contributed by atoms with Crippen LogP contribution in [-0.2, 0) is 4.79 Å². The molecule has 0 bridgehead atoms. The van der Waals surface area contributed by atoms with Crippen LogP contribution in [0.2, 0.25) is 5.02 Å². The molecule has 0 spiro atoms. The monoisotopic (exact) mass is 377 g/mol. The van der Waals surface area contributed by atoms with Crippen molar-refractivity contribution in [3.63, 3.8) is 0 Å². The topological polar surface area (TPSA) is 20.3 Å². The Kier molecular flexibility index (Phi) is 5.85. The minimum absolute atomic E-state index is 0.0985. The molecule has 0 aromatic heterocycles. The van der Waals surface area contributed by atoms with Gasteiger partial charge in [-0.2, -0.15) is 11.8 Å². The van der Waals surface area contributed by atoms with Crippen LogP contribution in [0.15, 0.2) is 30.9 Å². The Morgan fingerprint density at radius 2 is 2.12 bits per heavy atom. The number of benzene rings is 1. The Labute approximate surface area is 161 Å². The standard InChI is InChI=1S/C21H28ClNOS/c1-5-6-15-7-10-19-17-9-8-16(22)11-18(17)14(4)20(12-25-13(2)3)23(19)21(15)24/h5,8-9,11,13-15,19-20H,1,6-7,10,12H2,2-4H3. The smallest absolute Gasteiger partial charge is 0.226 e. The lowest BCUT2D eigenvalue weighted by atomic mass is 9.75. The van der Waals surface area contributed by atoms with E-state index in [9.17, 15) is 4.79 Å². The van der Waals surface area contributed by atoms with Crippen LogP contribution in [0, 0.1) is 5.92 Å². The van der Waals surface area contributed by atoms with Crippen LogP contribution in [0.4, 0.5) is 0 Å². The maximum atomic E-state index is 13.3. The summed E-state index contributed by atoms with van der Waals surface area (Å²) in [4.78, 5) is 15.5. The molecule has 2 aliphatic heterocycles. The number of thioether (sulfide) groups is 1. The highest BCUT2D eigenvalue weighted by molar-refractivity contribution is 7.99. The fourth-order valence-electron chi connectivity index (χ4n) is 4.31.